The van der Waals surface area contributed by atoms with Gasteiger partial charge in [0.05, 0.1) is 18.8 Å². The zero-order valence-corrected chi connectivity index (χ0v) is 10.2. The second-order valence-electron chi connectivity index (χ2n) is 4.16. The summed E-state index contributed by atoms with van der Waals surface area (Å²) in [5, 5.41) is 12.7. The quantitative estimate of drug-likeness (QED) is 0.582. The number of amides is 1. The largest absolute Gasteiger partial charge is 0.388 e. The molecule has 0 bridgehead atoms. The highest BCUT2D eigenvalue weighted by molar-refractivity contribution is 5.77. The third-order valence-electron chi connectivity index (χ3n) is 2.70. The van der Waals surface area contributed by atoms with Crippen LogP contribution in [-0.2, 0) is 19.0 Å². The fourth-order valence-electron chi connectivity index (χ4n) is 1.55. The van der Waals surface area contributed by atoms with Crippen LogP contribution in [0.5, 0.6) is 0 Å². The van der Waals surface area contributed by atoms with Crippen LogP contribution >= 0.6 is 0 Å². The molecule has 100 valence electrons. The molecule has 0 atom stereocenters. The predicted octanol–water partition coefficient (Wildman–Crippen LogP) is -0.693. The summed E-state index contributed by atoms with van der Waals surface area (Å²) in [6.07, 6.45) is 1.11. The Kier molecular flexibility index (Phi) is 6.43. The highest BCUT2D eigenvalue weighted by Gasteiger charge is 2.29. The van der Waals surface area contributed by atoms with E-state index in [-0.39, 0.29) is 19.1 Å². The summed E-state index contributed by atoms with van der Waals surface area (Å²) in [6.45, 7) is 2.18. The van der Waals surface area contributed by atoms with Gasteiger partial charge >= 0.3 is 0 Å². The SMILES string of the molecule is COCCOCC(=O)NCC1(O)CCOCC1. The number of nitrogens with one attached hydrogen (secondary N) is 1. The number of ether oxygens (including phenoxy) is 3. The maximum absolute atomic E-state index is 11.4. The minimum Gasteiger partial charge on any atom is -0.388 e. The van der Waals surface area contributed by atoms with E-state index in [9.17, 15) is 9.90 Å². The fraction of sp³-hybridized carbons (Fsp3) is 0.909. The Labute approximate surface area is 101 Å². The van der Waals surface area contributed by atoms with E-state index in [0.29, 0.717) is 39.3 Å². The molecule has 6 heteroatoms. The summed E-state index contributed by atoms with van der Waals surface area (Å²) in [7, 11) is 1.57. The molecule has 1 heterocycles. The average molecular weight is 247 g/mol. The normalized spacial score (nSPS) is 18.9. The lowest BCUT2D eigenvalue weighted by molar-refractivity contribution is -0.128. The topological polar surface area (TPSA) is 77.0 Å². The Hall–Kier alpha value is -0.690. The number of hydrogen-bond donors (Lipinski definition) is 2. The van der Waals surface area contributed by atoms with E-state index < -0.39 is 5.60 Å². The van der Waals surface area contributed by atoms with Crippen LogP contribution in [0.4, 0.5) is 0 Å². The molecule has 0 aliphatic carbocycles. The van der Waals surface area contributed by atoms with Crippen LogP contribution in [0, 0.1) is 0 Å². The molecule has 1 aliphatic heterocycles. The average Bonchev–Trinajstić information content (AvgIpc) is 2.33. The van der Waals surface area contributed by atoms with Crippen molar-refractivity contribution in [1.82, 2.24) is 5.32 Å². The first kappa shape index (κ1) is 14.4. The van der Waals surface area contributed by atoms with Crippen LogP contribution < -0.4 is 5.32 Å². The zero-order chi connectivity index (χ0) is 12.6. The fourth-order valence-corrected chi connectivity index (χ4v) is 1.55. The molecule has 0 unspecified atom stereocenters. The van der Waals surface area contributed by atoms with Crippen LogP contribution in [0.1, 0.15) is 12.8 Å². The van der Waals surface area contributed by atoms with E-state index in [2.05, 4.69) is 5.32 Å². The number of carbonyl (C=O) groups is 1. The van der Waals surface area contributed by atoms with Gasteiger partial charge in [0.15, 0.2) is 0 Å². The lowest BCUT2D eigenvalue weighted by atomic mass is 9.94. The molecule has 1 fully saturated rings. The van der Waals surface area contributed by atoms with Crippen molar-refractivity contribution in [3.63, 3.8) is 0 Å². The molecule has 0 saturated carbocycles. The minimum absolute atomic E-state index is 0.00403. The first-order valence-corrected chi connectivity index (χ1v) is 5.80. The van der Waals surface area contributed by atoms with Crippen molar-refractivity contribution < 1.29 is 24.1 Å². The van der Waals surface area contributed by atoms with E-state index >= 15 is 0 Å². The Morgan fingerprint density at radius 2 is 2.12 bits per heavy atom. The number of methoxy groups -OCH3 is 1. The summed E-state index contributed by atoms with van der Waals surface area (Å²) >= 11 is 0. The minimum atomic E-state index is -0.833. The summed E-state index contributed by atoms with van der Waals surface area (Å²) in [6, 6.07) is 0. The van der Waals surface area contributed by atoms with Gasteiger partial charge in [-0.1, -0.05) is 0 Å². The third kappa shape index (κ3) is 5.97. The lowest BCUT2D eigenvalue weighted by Gasteiger charge is -2.32. The first-order valence-electron chi connectivity index (χ1n) is 5.80. The van der Waals surface area contributed by atoms with Crippen LogP contribution in [0.15, 0.2) is 0 Å². The van der Waals surface area contributed by atoms with E-state index in [1.165, 1.54) is 0 Å². The molecule has 1 aliphatic rings. The Morgan fingerprint density at radius 1 is 1.41 bits per heavy atom. The molecule has 1 amide bonds. The number of aliphatic hydroxyl groups is 1. The number of hydrogen-bond acceptors (Lipinski definition) is 5. The van der Waals surface area contributed by atoms with Gasteiger partial charge in [0.1, 0.15) is 6.61 Å². The lowest BCUT2D eigenvalue weighted by Crippen LogP contribution is -2.47. The van der Waals surface area contributed by atoms with Crippen LogP contribution in [0.3, 0.4) is 0 Å². The molecule has 0 spiro atoms. The number of rotatable bonds is 7. The van der Waals surface area contributed by atoms with Gasteiger partial charge in [-0.15, -0.1) is 0 Å². The zero-order valence-electron chi connectivity index (χ0n) is 10.2. The van der Waals surface area contributed by atoms with Crippen molar-refractivity contribution in [2.45, 2.75) is 18.4 Å². The predicted molar refractivity (Wildman–Crippen MR) is 60.7 cm³/mol. The molecular weight excluding hydrogens is 226 g/mol. The summed E-state index contributed by atoms with van der Waals surface area (Å²) < 4.78 is 15.0. The third-order valence-corrected chi connectivity index (χ3v) is 2.70. The Balaban J connectivity index is 2.10. The van der Waals surface area contributed by atoms with Gasteiger partial charge in [-0.3, -0.25) is 4.79 Å². The first-order chi connectivity index (χ1) is 8.16. The van der Waals surface area contributed by atoms with Crippen LogP contribution in [0.2, 0.25) is 0 Å². The van der Waals surface area contributed by atoms with E-state index in [4.69, 9.17) is 14.2 Å². The van der Waals surface area contributed by atoms with Gasteiger partial charge in [0.25, 0.3) is 0 Å². The van der Waals surface area contributed by atoms with Gasteiger partial charge in [-0.05, 0) is 0 Å². The smallest absolute Gasteiger partial charge is 0.246 e. The van der Waals surface area contributed by atoms with Gasteiger partial charge in [-0.25, -0.2) is 0 Å². The second-order valence-corrected chi connectivity index (χ2v) is 4.16. The van der Waals surface area contributed by atoms with Crippen LogP contribution in [0.25, 0.3) is 0 Å². The Bertz CT molecular complexity index is 228. The highest BCUT2D eigenvalue weighted by Crippen LogP contribution is 2.18. The molecular formula is C11H21NO5. The maximum Gasteiger partial charge on any atom is 0.246 e. The molecule has 0 aromatic carbocycles. The summed E-state index contributed by atoms with van der Waals surface area (Å²) in [4.78, 5) is 11.4. The molecule has 1 rings (SSSR count). The van der Waals surface area contributed by atoms with Gasteiger partial charge in [-0.2, -0.15) is 0 Å². The summed E-state index contributed by atoms with van der Waals surface area (Å²) in [5.41, 5.74) is -0.833. The van der Waals surface area contributed by atoms with Crippen molar-refractivity contribution in [2.75, 3.05) is 46.7 Å². The maximum atomic E-state index is 11.4. The summed E-state index contributed by atoms with van der Waals surface area (Å²) in [5.74, 6) is -0.221. The van der Waals surface area contributed by atoms with Crippen molar-refractivity contribution in [3.05, 3.63) is 0 Å². The molecule has 0 aromatic rings. The van der Waals surface area contributed by atoms with Gasteiger partial charge in [0.2, 0.25) is 5.91 Å². The van der Waals surface area contributed by atoms with Crippen molar-refractivity contribution in [3.8, 4) is 0 Å². The Morgan fingerprint density at radius 3 is 2.76 bits per heavy atom. The molecule has 6 nitrogen and oxygen atoms in total. The van der Waals surface area contributed by atoms with Crippen molar-refractivity contribution in [2.24, 2.45) is 0 Å². The highest BCUT2D eigenvalue weighted by atomic mass is 16.5. The standard InChI is InChI=1S/C11H21NO5/c1-15-6-7-17-8-10(13)12-9-11(14)2-4-16-5-3-11/h14H,2-9H2,1H3,(H,12,13). The molecule has 1 saturated heterocycles. The van der Waals surface area contributed by atoms with Crippen LogP contribution in [-0.4, -0.2) is 63.3 Å². The molecule has 0 radical (unpaired) electrons. The molecule has 0 aromatic heterocycles. The van der Waals surface area contributed by atoms with E-state index in [1.54, 1.807) is 7.11 Å². The van der Waals surface area contributed by atoms with Crippen molar-refractivity contribution in [1.29, 1.82) is 0 Å². The van der Waals surface area contributed by atoms with Gasteiger partial charge in [0, 0.05) is 39.7 Å². The second kappa shape index (κ2) is 7.60. The van der Waals surface area contributed by atoms with Crippen molar-refractivity contribution >= 4 is 5.91 Å². The van der Waals surface area contributed by atoms with Gasteiger partial charge < -0.3 is 24.6 Å². The van der Waals surface area contributed by atoms with E-state index in [0.717, 1.165) is 0 Å². The molecule has 2 N–H and O–H groups in total. The van der Waals surface area contributed by atoms with E-state index in [1.807, 2.05) is 0 Å². The number of carbonyl (C=O) groups excluding carboxylic acids is 1. The monoisotopic (exact) mass is 247 g/mol. The molecule has 17 heavy (non-hydrogen) atoms.